The van der Waals surface area contributed by atoms with Crippen LogP contribution in [0.25, 0.3) is 150 Å². The Hall–Kier alpha value is -10.2. The molecular weight excluding hydrogens is 917 g/mol. The number of benzene rings is 11. The van der Waals surface area contributed by atoms with E-state index in [1.807, 2.05) is 66.7 Å². The molecule has 0 fully saturated rings. The molecule has 0 saturated carbocycles. The van der Waals surface area contributed by atoms with Crippen molar-refractivity contribution in [2.45, 2.75) is 0 Å². The number of aromatic nitrogens is 4. The molecule has 75 heavy (non-hydrogen) atoms. The van der Waals surface area contributed by atoms with Gasteiger partial charge in [-0.1, -0.05) is 188 Å². The van der Waals surface area contributed by atoms with Gasteiger partial charge in [-0.3, -0.25) is 0 Å². The maximum absolute atomic E-state index is 6.76. The van der Waals surface area contributed by atoms with Gasteiger partial charge >= 0.3 is 0 Å². The maximum atomic E-state index is 6.76. The summed E-state index contributed by atoms with van der Waals surface area (Å²) in [5, 5.41) is 6.66. The average molecular weight is 959 g/mol. The van der Waals surface area contributed by atoms with E-state index in [9.17, 15) is 0 Å². The molecule has 4 aromatic heterocycles. The molecule has 0 aliphatic rings. The Bertz CT molecular complexity index is 4650. The Morgan fingerprint density at radius 3 is 1.51 bits per heavy atom. The SMILES string of the molecule is c1ccc(-c2ccc3c(c2)c2ccccc2n3-c2c(-c3cccc(-c4ccc5c(c4)oc4cccc(-c6cccc(-c7nc(-c8ccccc8)nc(-c8ccccc8)n7)c6)c45)c3)ccc3oc4ccccc4c23)cc1. The Morgan fingerprint density at radius 1 is 0.253 bits per heavy atom. The zero-order chi connectivity index (χ0) is 49.4. The summed E-state index contributed by atoms with van der Waals surface area (Å²) in [5.74, 6) is 1.87. The van der Waals surface area contributed by atoms with Crippen LogP contribution in [0.2, 0.25) is 0 Å². The van der Waals surface area contributed by atoms with Crippen molar-refractivity contribution in [3.05, 3.63) is 255 Å². The summed E-state index contributed by atoms with van der Waals surface area (Å²) < 4.78 is 15.8. The van der Waals surface area contributed by atoms with Crippen LogP contribution in [0.5, 0.6) is 0 Å². The minimum atomic E-state index is 0.610. The van der Waals surface area contributed by atoms with Crippen molar-refractivity contribution >= 4 is 65.7 Å². The van der Waals surface area contributed by atoms with Gasteiger partial charge in [-0.25, -0.2) is 15.0 Å². The largest absolute Gasteiger partial charge is 0.456 e. The first-order valence-corrected chi connectivity index (χ1v) is 25.2. The number of rotatable bonds is 8. The molecule has 0 spiro atoms. The highest BCUT2D eigenvalue weighted by Gasteiger charge is 2.23. The predicted molar refractivity (Wildman–Crippen MR) is 307 cm³/mol. The van der Waals surface area contributed by atoms with Gasteiger partial charge in [0.05, 0.1) is 22.1 Å². The molecule has 0 amide bonds. The van der Waals surface area contributed by atoms with Gasteiger partial charge in [0, 0.05) is 49.2 Å². The average Bonchev–Trinajstić information content (AvgIpc) is 4.17. The molecular formula is C69H42N4O2. The second-order valence-corrected chi connectivity index (χ2v) is 19.1. The summed E-state index contributed by atoms with van der Waals surface area (Å²) >= 11 is 0. The Balaban J connectivity index is 0.848. The summed E-state index contributed by atoms with van der Waals surface area (Å²) in [6, 6.07) is 89.4. The van der Waals surface area contributed by atoms with E-state index >= 15 is 0 Å². The van der Waals surface area contributed by atoms with Crippen LogP contribution >= 0.6 is 0 Å². The molecule has 0 saturated heterocycles. The number of para-hydroxylation sites is 2. The highest BCUT2D eigenvalue weighted by atomic mass is 16.3. The molecule has 0 aliphatic heterocycles. The van der Waals surface area contributed by atoms with Gasteiger partial charge in [0.15, 0.2) is 17.5 Å². The summed E-state index contributed by atoms with van der Waals surface area (Å²) in [6.07, 6.45) is 0. The lowest BCUT2D eigenvalue weighted by Crippen LogP contribution is -2.00. The van der Waals surface area contributed by atoms with E-state index in [4.69, 9.17) is 23.8 Å². The second kappa shape index (κ2) is 17.3. The molecule has 15 aromatic rings. The van der Waals surface area contributed by atoms with E-state index in [1.165, 1.54) is 21.9 Å². The zero-order valence-electron chi connectivity index (χ0n) is 40.4. The Kier molecular flexibility index (Phi) is 9.78. The van der Waals surface area contributed by atoms with Crippen molar-refractivity contribution in [2.75, 3.05) is 0 Å². The molecule has 6 heteroatoms. The molecule has 0 radical (unpaired) electrons. The summed E-state index contributed by atoms with van der Waals surface area (Å²) in [6.45, 7) is 0. The molecule has 0 unspecified atom stereocenters. The normalized spacial score (nSPS) is 11.7. The predicted octanol–water partition coefficient (Wildman–Crippen LogP) is 18.4. The van der Waals surface area contributed by atoms with E-state index in [0.29, 0.717) is 17.5 Å². The van der Waals surface area contributed by atoms with E-state index < -0.39 is 0 Å². The molecule has 0 aliphatic carbocycles. The number of hydrogen-bond acceptors (Lipinski definition) is 5. The third-order valence-electron chi connectivity index (χ3n) is 14.7. The van der Waals surface area contributed by atoms with Crippen LogP contribution in [0.15, 0.2) is 264 Å². The van der Waals surface area contributed by atoms with E-state index in [2.05, 4.69) is 193 Å². The minimum Gasteiger partial charge on any atom is -0.456 e. The number of fused-ring (bicyclic) bond motifs is 9. The third-order valence-corrected chi connectivity index (χ3v) is 14.7. The molecule has 350 valence electrons. The first-order chi connectivity index (χ1) is 37.2. The van der Waals surface area contributed by atoms with Crippen LogP contribution in [-0.2, 0) is 0 Å². The maximum Gasteiger partial charge on any atom is 0.164 e. The minimum absolute atomic E-state index is 0.610. The van der Waals surface area contributed by atoms with Crippen LogP contribution in [0, 0.1) is 0 Å². The van der Waals surface area contributed by atoms with E-state index in [-0.39, 0.29) is 0 Å². The van der Waals surface area contributed by atoms with Gasteiger partial charge in [-0.2, -0.15) is 0 Å². The van der Waals surface area contributed by atoms with Crippen molar-refractivity contribution in [1.29, 1.82) is 0 Å². The van der Waals surface area contributed by atoms with Crippen molar-refractivity contribution in [2.24, 2.45) is 0 Å². The van der Waals surface area contributed by atoms with Gasteiger partial charge in [-0.05, 0) is 106 Å². The molecule has 0 bridgehead atoms. The molecule has 0 atom stereocenters. The van der Waals surface area contributed by atoms with Gasteiger partial charge in [0.2, 0.25) is 0 Å². The molecule has 6 nitrogen and oxygen atoms in total. The summed E-state index contributed by atoms with van der Waals surface area (Å²) in [7, 11) is 0. The fourth-order valence-corrected chi connectivity index (χ4v) is 11.2. The van der Waals surface area contributed by atoms with Crippen molar-refractivity contribution in [3.63, 3.8) is 0 Å². The smallest absolute Gasteiger partial charge is 0.164 e. The molecule has 0 N–H and O–H groups in total. The van der Waals surface area contributed by atoms with Crippen LogP contribution in [-0.4, -0.2) is 19.5 Å². The highest BCUT2D eigenvalue weighted by Crippen LogP contribution is 2.45. The first kappa shape index (κ1) is 42.5. The van der Waals surface area contributed by atoms with Crippen LogP contribution in [0.3, 0.4) is 0 Å². The standard InChI is InChI=1S/C69H42N4O2/c1-4-17-43(18-5-1)47-34-37-59-57(41-47)54-27-10-12-30-58(54)73(59)66-53(36-38-62-65(66)55-28-11-13-31-60(55)74-62)50-25-14-23-46(39-50)48-33-35-56-63(42-48)75-61-32-16-29-52(64(56)61)49-24-15-26-51(40-49)69-71-67(44-19-6-2-7-20-44)70-68(72-69)45-21-8-3-9-22-45/h1-42H. The van der Waals surface area contributed by atoms with E-state index in [1.54, 1.807) is 0 Å². The van der Waals surface area contributed by atoms with Crippen molar-refractivity contribution in [1.82, 2.24) is 19.5 Å². The summed E-state index contributed by atoms with van der Waals surface area (Å²) in [4.78, 5) is 15.0. The lowest BCUT2D eigenvalue weighted by atomic mass is 9.94. The highest BCUT2D eigenvalue weighted by molar-refractivity contribution is 6.17. The van der Waals surface area contributed by atoms with Gasteiger partial charge in [0.1, 0.15) is 22.3 Å². The molecule has 4 heterocycles. The third kappa shape index (κ3) is 7.14. The topological polar surface area (TPSA) is 69.9 Å². The fraction of sp³-hybridized carbons (Fsp3) is 0. The van der Waals surface area contributed by atoms with Crippen LogP contribution < -0.4 is 0 Å². The number of nitrogens with zero attached hydrogens (tertiary/aromatic N) is 4. The van der Waals surface area contributed by atoms with Gasteiger partial charge in [-0.15, -0.1) is 0 Å². The Morgan fingerprint density at radius 2 is 0.747 bits per heavy atom. The van der Waals surface area contributed by atoms with Gasteiger partial charge in [0.25, 0.3) is 0 Å². The number of furan rings is 2. The fourth-order valence-electron chi connectivity index (χ4n) is 11.2. The Labute approximate surface area is 431 Å². The van der Waals surface area contributed by atoms with Gasteiger partial charge < -0.3 is 13.4 Å². The van der Waals surface area contributed by atoms with Crippen LogP contribution in [0.1, 0.15) is 0 Å². The van der Waals surface area contributed by atoms with Crippen molar-refractivity contribution in [3.8, 4) is 84.4 Å². The molecule has 11 aromatic carbocycles. The molecule has 15 rings (SSSR count). The lowest BCUT2D eigenvalue weighted by Gasteiger charge is -2.17. The monoisotopic (exact) mass is 958 g/mol. The second-order valence-electron chi connectivity index (χ2n) is 19.1. The quantitative estimate of drug-likeness (QED) is 0.152. The van der Waals surface area contributed by atoms with E-state index in [0.717, 1.165) is 111 Å². The zero-order valence-corrected chi connectivity index (χ0v) is 40.4. The lowest BCUT2D eigenvalue weighted by molar-refractivity contribution is 0.668. The number of hydrogen-bond donors (Lipinski definition) is 0. The first-order valence-electron chi connectivity index (χ1n) is 25.2. The summed E-state index contributed by atoms with van der Waals surface area (Å²) in [5.41, 5.74) is 18.3. The van der Waals surface area contributed by atoms with Crippen LogP contribution in [0.4, 0.5) is 0 Å². The van der Waals surface area contributed by atoms with Crippen molar-refractivity contribution < 1.29 is 8.83 Å².